The predicted molar refractivity (Wildman–Crippen MR) is 153 cm³/mol. The van der Waals surface area contributed by atoms with Crippen molar-refractivity contribution in [2.75, 3.05) is 6.61 Å². The summed E-state index contributed by atoms with van der Waals surface area (Å²) in [6, 6.07) is 20.1. The van der Waals surface area contributed by atoms with Gasteiger partial charge in [-0.3, -0.25) is 23.7 Å². The van der Waals surface area contributed by atoms with Crippen LogP contribution in [0.1, 0.15) is 25.1 Å². The molecule has 3 atom stereocenters. The fourth-order valence-corrected chi connectivity index (χ4v) is 5.75. The average Bonchev–Trinajstić information content (AvgIpc) is 3.37. The number of hydrogen-bond donors (Lipinski definition) is 3. The van der Waals surface area contributed by atoms with Gasteiger partial charge >= 0.3 is 19.4 Å². The van der Waals surface area contributed by atoms with Gasteiger partial charge in [-0.25, -0.2) is 9.36 Å². The topological polar surface area (TPSA) is 158 Å². The molecule has 0 saturated heterocycles. The molecule has 1 aliphatic rings. The molecule has 1 aromatic heterocycles. The third-order valence-corrected chi connectivity index (χ3v) is 8.08. The summed E-state index contributed by atoms with van der Waals surface area (Å²) in [6.07, 6.45) is -0.827. The van der Waals surface area contributed by atoms with Gasteiger partial charge in [-0.1, -0.05) is 66.7 Å². The number of halogens is 1. The quantitative estimate of drug-likeness (QED) is 0.164. The van der Waals surface area contributed by atoms with E-state index >= 15 is 0 Å². The van der Waals surface area contributed by atoms with Crippen molar-refractivity contribution in [3.05, 3.63) is 123 Å². The lowest BCUT2D eigenvalue weighted by Crippen LogP contribution is -2.35. The number of nitrogens with zero attached hydrogens (tertiary/aromatic N) is 1. The Kier molecular flexibility index (Phi) is 8.76. The molecule has 4 aromatic rings. The zero-order valence-corrected chi connectivity index (χ0v) is 23.7. The van der Waals surface area contributed by atoms with Crippen LogP contribution in [0.15, 0.2) is 100 Å². The van der Waals surface area contributed by atoms with Crippen molar-refractivity contribution < 1.29 is 37.4 Å². The molecule has 0 amide bonds. The molecule has 43 heavy (non-hydrogen) atoms. The molecule has 1 unspecified atom stereocenters. The fraction of sp³-hybridized carbons (Fsp3) is 0.207. The molecule has 0 spiro atoms. The number of aromatic amines is 1. The number of esters is 1. The van der Waals surface area contributed by atoms with Gasteiger partial charge in [0.15, 0.2) is 12.0 Å². The summed E-state index contributed by atoms with van der Waals surface area (Å²) in [5, 5.41) is 14.5. The second-order valence-electron chi connectivity index (χ2n) is 9.57. The summed E-state index contributed by atoms with van der Waals surface area (Å²) in [7, 11) is -4.40. The summed E-state index contributed by atoms with van der Waals surface area (Å²) in [4.78, 5) is 38.1. The van der Waals surface area contributed by atoms with Crippen molar-refractivity contribution in [2.45, 2.75) is 32.2 Å². The summed E-state index contributed by atoms with van der Waals surface area (Å²) in [5.41, 5.74) is -1.40. The van der Waals surface area contributed by atoms with Gasteiger partial charge in [0.25, 0.3) is 5.56 Å². The van der Waals surface area contributed by atoms with Crippen LogP contribution in [0.5, 0.6) is 5.75 Å². The third kappa shape index (κ3) is 7.03. The van der Waals surface area contributed by atoms with Gasteiger partial charge in [0.2, 0.25) is 5.82 Å². The number of fused-ring (bicyclic) bond motifs is 1. The van der Waals surface area contributed by atoms with E-state index in [1.807, 2.05) is 29.2 Å². The first-order valence-electron chi connectivity index (χ1n) is 13.1. The number of carbonyl (C=O) groups is 1. The lowest BCUT2D eigenvalue weighted by Gasteiger charge is -2.24. The molecule has 3 N–H and O–H groups in total. The zero-order chi connectivity index (χ0) is 30.6. The van der Waals surface area contributed by atoms with E-state index in [0.717, 1.165) is 15.5 Å². The van der Waals surface area contributed by atoms with Crippen molar-refractivity contribution >= 4 is 24.5 Å². The molecule has 0 fully saturated rings. The van der Waals surface area contributed by atoms with Crippen LogP contribution >= 0.6 is 7.75 Å². The minimum Gasteiger partial charge on any atom is -0.508 e. The molecule has 12 nitrogen and oxygen atoms in total. The maximum Gasteiger partial charge on any atom is 0.459 e. The highest BCUT2D eigenvalue weighted by atomic mass is 31.2. The lowest BCUT2D eigenvalue weighted by molar-refractivity contribution is -0.146. The Morgan fingerprint density at radius 1 is 1.12 bits per heavy atom. The van der Waals surface area contributed by atoms with Gasteiger partial charge in [0.1, 0.15) is 30.8 Å². The Hall–Kier alpha value is -4.71. The number of ether oxygens (including phenoxy) is 2. The van der Waals surface area contributed by atoms with Crippen molar-refractivity contribution in [2.24, 2.45) is 0 Å². The number of rotatable bonds is 11. The molecule has 3 aromatic carbocycles. The number of benzene rings is 3. The summed E-state index contributed by atoms with van der Waals surface area (Å²) in [6.45, 7) is 0.789. The van der Waals surface area contributed by atoms with Crippen LogP contribution in [-0.4, -0.2) is 33.3 Å². The van der Waals surface area contributed by atoms with Gasteiger partial charge in [-0.15, -0.1) is 0 Å². The van der Waals surface area contributed by atoms with Crippen LogP contribution < -0.4 is 20.9 Å². The Morgan fingerprint density at radius 2 is 1.84 bits per heavy atom. The molecule has 224 valence electrons. The number of H-pyrrole nitrogens is 1. The van der Waals surface area contributed by atoms with Crippen molar-refractivity contribution in [1.82, 2.24) is 14.6 Å². The van der Waals surface area contributed by atoms with Gasteiger partial charge in [0, 0.05) is 5.39 Å². The highest BCUT2D eigenvalue weighted by Gasteiger charge is 2.36. The molecule has 1 aliphatic heterocycles. The second-order valence-corrected chi connectivity index (χ2v) is 11.3. The minimum absolute atomic E-state index is 0.0122. The lowest BCUT2D eigenvalue weighted by atomic mass is 10.1. The number of aliphatic hydroxyl groups excluding tert-OH is 1. The van der Waals surface area contributed by atoms with Crippen molar-refractivity contribution in [3.63, 3.8) is 0 Å². The maximum absolute atomic E-state index is 14.1. The highest BCUT2D eigenvalue weighted by Crippen LogP contribution is 2.47. The molecular formula is C29H27FN3O9P. The number of nitrogens with one attached hydrogen (secondary N) is 2. The van der Waals surface area contributed by atoms with E-state index in [1.54, 1.807) is 48.5 Å². The highest BCUT2D eigenvalue weighted by molar-refractivity contribution is 7.52. The minimum atomic E-state index is -4.40. The first-order chi connectivity index (χ1) is 20.6. The standard InChI is InChI=1S/C29H27FN3O9P/c1-18(28(36)39-16-19-8-3-2-4-9-19)32-43(38,42-24-13-7-11-20-10-5-6-12-21(20)24)40-17-25-23(34)14-26(41-25)33-15-22(30)27(35)31-29(33)37/h2-13,15,18,26,34H,14,16-17H2,1H3,(H,32,38)(H,31,35,37)/t18-,26+,43?/m0/s1. The van der Waals surface area contributed by atoms with Crippen LogP contribution in [-0.2, 0) is 30.0 Å². The molecule has 0 saturated carbocycles. The van der Waals surface area contributed by atoms with E-state index in [9.17, 15) is 28.4 Å². The smallest absolute Gasteiger partial charge is 0.459 e. The van der Waals surface area contributed by atoms with Crippen LogP contribution in [0.25, 0.3) is 10.8 Å². The molecule has 5 rings (SSSR count). The second kappa shape index (κ2) is 12.7. The molecule has 14 heteroatoms. The van der Waals surface area contributed by atoms with Gasteiger partial charge < -0.3 is 19.1 Å². The first-order valence-corrected chi connectivity index (χ1v) is 14.6. The zero-order valence-electron chi connectivity index (χ0n) is 22.8. The van der Waals surface area contributed by atoms with Crippen LogP contribution in [0, 0.1) is 5.82 Å². The Labute approximate surface area is 243 Å². The predicted octanol–water partition coefficient (Wildman–Crippen LogP) is 4.44. The Balaban J connectivity index is 1.34. The van der Waals surface area contributed by atoms with Crippen molar-refractivity contribution in [1.29, 1.82) is 0 Å². The molecule has 0 aliphatic carbocycles. The van der Waals surface area contributed by atoms with E-state index in [4.69, 9.17) is 18.5 Å². The van der Waals surface area contributed by atoms with Gasteiger partial charge in [0.05, 0.1) is 12.6 Å². The maximum atomic E-state index is 14.1. The average molecular weight is 612 g/mol. The van der Waals surface area contributed by atoms with Gasteiger partial charge in [-0.2, -0.15) is 9.48 Å². The van der Waals surface area contributed by atoms with E-state index in [2.05, 4.69) is 5.09 Å². The number of aliphatic hydroxyl groups is 1. The summed E-state index contributed by atoms with van der Waals surface area (Å²) in [5.74, 6) is -2.34. The fourth-order valence-electron chi connectivity index (χ4n) is 4.28. The Bertz CT molecular complexity index is 1840. The Morgan fingerprint density at radius 3 is 2.63 bits per heavy atom. The van der Waals surface area contributed by atoms with Gasteiger partial charge in [-0.05, 0) is 23.9 Å². The van der Waals surface area contributed by atoms with Crippen LogP contribution in [0.3, 0.4) is 0 Å². The van der Waals surface area contributed by atoms with Crippen LogP contribution in [0.4, 0.5) is 4.39 Å². The first kappa shape index (κ1) is 29.8. The largest absolute Gasteiger partial charge is 0.508 e. The van der Waals surface area contributed by atoms with E-state index < -0.39 is 49.7 Å². The van der Waals surface area contributed by atoms with E-state index in [1.165, 1.54) is 6.92 Å². The molecular weight excluding hydrogens is 584 g/mol. The van der Waals surface area contributed by atoms with Crippen molar-refractivity contribution in [3.8, 4) is 5.75 Å². The monoisotopic (exact) mass is 611 g/mol. The number of aromatic nitrogens is 2. The number of carbonyl (C=O) groups excluding carboxylic acids is 1. The summed E-state index contributed by atoms with van der Waals surface area (Å²) < 4.78 is 51.1. The SMILES string of the molecule is C[C@H](NP(=O)(OCC1=C(O)C[C@H](n2cc(F)c(=O)[nH]c2=O)O1)Oc1cccc2ccccc12)C(=O)OCc1ccccc1. The van der Waals surface area contributed by atoms with E-state index in [-0.39, 0.29) is 30.3 Å². The third-order valence-electron chi connectivity index (χ3n) is 6.47. The van der Waals surface area contributed by atoms with Crippen LogP contribution in [0.2, 0.25) is 0 Å². The molecule has 0 bridgehead atoms. The summed E-state index contributed by atoms with van der Waals surface area (Å²) >= 11 is 0. The van der Waals surface area contributed by atoms with E-state index in [0.29, 0.717) is 11.6 Å². The normalized spacial score (nSPS) is 16.8. The molecule has 2 heterocycles. The molecule has 0 radical (unpaired) electrons. The number of hydrogen-bond acceptors (Lipinski definition) is 9.